The summed E-state index contributed by atoms with van der Waals surface area (Å²) < 4.78 is 8.17. The van der Waals surface area contributed by atoms with Crippen LogP contribution < -0.4 is 4.74 Å². The van der Waals surface area contributed by atoms with Gasteiger partial charge in [0, 0.05) is 11.3 Å². The molecule has 0 spiro atoms. The third kappa shape index (κ3) is 5.52. The normalized spacial score (nSPS) is 12.0. The summed E-state index contributed by atoms with van der Waals surface area (Å²) in [5.74, 6) is 2.27. The molecule has 4 aromatic rings. The molecule has 0 bridgehead atoms. The van der Waals surface area contributed by atoms with Crippen LogP contribution in [0, 0.1) is 0 Å². The zero-order valence-electron chi connectivity index (χ0n) is 19.0. The number of rotatable bonds is 9. The Balaban J connectivity index is 1.57. The highest BCUT2D eigenvalue weighted by atomic mass is 32.2. The maximum Gasteiger partial charge on any atom is 0.196 e. The molecule has 0 aliphatic rings. The number of ketones is 1. The highest BCUT2D eigenvalue weighted by Gasteiger charge is 2.22. The second-order valence-electron chi connectivity index (χ2n) is 8.07. The molecule has 168 valence electrons. The Morgan fingerprint density at radius 2 is 1.52 bits per heavy atom. The van der Waals surface area contributed by atoms with Crippen LogP contribution in [0.3, 0.4) is 0 Å². The van der Waals surface area contributed by atoms with E-state index in [9.17, 15) is 4.79 Å². The van der Waals surface area contributed by atoms with Gasteiger partial charge in [-0.3, -0.25) is 9.36 Å². The Bertz CT molecular complexity index is 1190. The van der Waals surface area contributed by atoms with E-state index in [2.05, 4.69) is 36.2 Å². The van der Waals surface area contributed by atoms with E-state index in [-0.39, 0.29) is 17.6 Å². The minimum atomic E-state index is -0.332. The minimum Gasteiger partial charge on any atom is -0.483 e. The van der Waals surface area contributed by atoms with Gasteiger partial charge in [-0.2, -0.15) is 0 Å². The molecule has 1 aromatic heterocycles. The second kappa shape index (κ2) is 10.5. The lowest BCUT2D eigenvalue weighted by atomic mass is 10.0. The van der Waals surface area contributed by atoms with Gasteiger partial charge in [0.25, 0.3) is 0 Å². The van der Waals surface area contributed by atoms with E-state index in [1.807, 2.05) is 84.3 Å². The van der Waals surface area contributed by atoms with Crippen LogP contribution in [0.4, 0.5) is 0 Å². The number of carbonyl (C=O) groups is 1. The number of carbonyl (C=O) groups excluding carboxylic acids is 1. The van der Waals surface area contributed by atoms with E-state index >= 15 is 0 Å². The number of nitrogens with zero attached hydrogens (tertiary/aromatic N) is 3. The zero-order valence-corrected chi connectivity index (χ0v) is 19.8. The summed E-state index contributed by atoms with van der Waals surface area (Å²) in [6, 6.07) is 27.4. The Morgan fingerprint density at radius 1 is 0.879 bits per heavy atom. The summed E-state index contributed by atoms with van der Waals surface area (Å²) in [7, 11) is 0. The third-order valence-electron chi connectivity index (χ3n) is 5.32. The van der Waals surface area contributed by atoms with Crippen molar-refractivity contribution in [3.63, 3.8) is 0 Å². The molecule has 5 nitrogen and oxygen atoms in total. The van der Waals surface area contributed by atoms with Crippen LogP contribution in [0.1, 0.15) is 54.5 Å². The lowest BCUT2D eigenvalue weighted by Crippen LogP contribution is -2.12. The quantitative estimate of drug-likeness (QED) is 0.212. The van der Waals surface area contributed by atoms with Gasteiger partial charge in [0.1, 0.15) is 5.75 Å². The molecule has 0 saturated carbocycles. The maximum absolute atomic E-state index is 12.6. The van der Waals surface area contributed by atoms with Gasteiger partial charge in [-0.05, 0) is 42.7 Å². The Labute approximate surface area is 198 Å². The Hall–Kier alpha value is -3.38. The largest absolute Gasteiger partial charge is 0.483 e. The molecule has 0 radical (unpaired) electrons. The minimum absolute atomic E-state index is 0.0549. The molecule has 33 heavy (non-hydrogen) atoms. The molecule has 3 aromatic carbocycles. The first kappa shape index (κ1) is 22.8. The van der Waals surface area contributed by atoms with Crippen LogP contribution in [-0.4, -0.2) is 26.3 Å². The molecular weight excluding hydrogens is 430 g/mol. The first-order valence-corrected chi connectivity index (χ1v) is 12.0. The van der Waals surface area contributed by atoms with E-state index in [0.29, 0.717) is 22.5 Å². The molecule has 0 amide bonds. The SMILES string of the molecule is CC(C)c1ccc(OC(C)c2nnc(SCC(=O)c3ccccc3)n2-c2ccccc2)cc1. The number of Topliss-reactive ketones (excluding diaryl/α,β-unsaturated/α-hetero) is 1. The van der Waals surface area contributed by atoms with Gasteiger partial charge in [0.05, 0.1) is 5.75 Å². The van der Waals surface area contributed by atoms with Crippen LogP contribution >= 0.6 is 11.8 Å². The van der Waals surface area contributed by atoms with E-state index in [1.54, 1.807) is 0 Å². The molecule has 4 rings (SSSR count). The maximum atomic E-state index is 12.6. The number of para-hydroxylation sites is 1. The summed E-state index contributed by atoms with van der Waals surface area (Å²) in [6.45, 7) is 6.30. The molecule has 0 aliphatic heterocycles. The lowest BCUT2D eigenvalue weighted by molar-refractivity contribution is 0.102. The fourth-order valence-electron chi connectivity index (χ4n) is 3.48. The average molecular weight is 458 g/mol. The van der Waals surface area contributed by atoms with E-state index < -0.39 is 0 Å². The molecule has 0 saturated heterocycles. The van der Waals surface area contributed by atoms with Gasteiger partial charge >= 0.3 is 0 Å². The highest BCUT2D eigenvalue weighted by Crippen LogP contribution is 2.29. The number of hydrogen-bond acceptors (Lipinski definition) is 5. The number of ether oxygens (including phenoxy) is 1. The zero-order chi connectivity index (χ0) is 23.2. The number of benzene rings is 3. The van der Waals surface area contributed by atoms with Crippen molar-refractivity contribution in [3.8, 4) is 11.4 Å². The highest BCUT2D eigenvalue weighted by molar-refractivity contribution is 7.99. The van der Waals surface area contributed by atoms with Crippen molar-refractivity contribution in [3.05, 3.63) is 102 Å². The van der Waals surface area contributed by atoms with Crippen LogP contribution in [-0.2, 0) is 0 Å². The monoisotopic (exact) mass is 457 g/mol. The molecule has 1 heterocycles. The molecule has 0 N–H and O–H groups in total. The van der Waals surface area contributed by atoms with Crippen molar-refractivity contribution in [1.29, 1.82) is 0 Å². The first-order chi connectivity index (χ1) is 16.0. The van der Waals surface area contributed by atoms with Crippen molar-refractivity contribution in [2.75, 3.05) is 5.75 Å². The topological polar surface area (TPSA) is 57.0 Å². The molecule has 1 unspecified atom stereocenters. The van der Waals surface area contributed by atoms with Crippen molar-refractivity contribution in [1.82, 2.24) is 14.8 Å². The second-order valence-corrected chi connectivity index (χ2v) is 9.02. The van der Waals surface area contributed by atoms with Crippen LogP contribution in [0.25, 0.3) is 5.69 Å². The van der Waals surface area contributed by atoms with E-state index in [1.165, 1.54) is 17.3 Å². The predicted octanol–water partition coefficient (Wildman–Crippen LogP) is 6.51. The molecule has 0 aliphatic carbocycles. The smallest absolute Gasteiger partial charge is 0.196 e. The van der Waals surface area contributed by atoms with Crippen LogP contribution in [0.15, 0.2) is 90.1 Å². The summed E-state index contributed by atoms with van der Waals surface area (Å²) in [6.07, 6.45) is -0.332. The van der Waals surface area contributed by atoms with Gasteiger partial charge in [0.15, 0.2) is 22.9 Å². The first-order valence-electron chi connectivity index (χ1n) is 11.0. The standard InChI is InChI=1S/C27H27N3O2S/c1-19(2)21-14-16-24(17-15-21)32-20(3)26-28-29-27(30(26)23-12-8-5-9-13-23)33-18-25(31)22-10-6-4-7-11-22/h4-17,19-20H,18H2,1-3H3. The van der Waals surface area contributed by atoms with Gasteiger partial charge in [-0.25, -0.2) is 0 Å². The van der Waals surface area contributed by atoms with Crippen molar-refractivity contribution >= 4 is 17.5 Å². The van der Waals surface area contributed by atoms with Gasteiger partial charge < -0.3 is 4.74 Å². The number of thioether (sulfide) groups is 1. The van der Waals surface area contributed by atoms with Crippen molar-refractivity contribution in [2.45, 2.75) is 37.9 Å². The summed E-state index contributed by atoms with van der Waals surface area (Å²) >= 11 is 1.38. The molecule has 0 fully saturated rings. The van der Waals surface area contributed by atoms with Gasteiger partial charge in [0.2, 0.25) is 0 Å². The third-order valence-corrected chi connectivity index (χ3v) is 6.25. The molecular formula is C27H27N3O2S. The lowest BCUT2D eigenvalue weighted by Gasteiger charge is -2.17. The molecule has 1 atom stereocenters. The number of hydrogen-bond donors (Lipinski definition) is 0. The van der Waals surface area contributed by atoms with Gasteiger partial charge in [-0.1, -0.05) is 86.3 Å². The van der Waals surface area contributed by atoms with Crippen molar-refractivity contribution in [2.24, 2.45) is 0 Å². The fraction of sp³-hybridized carbons (Fsp3) is 0.222. The van der Waals surface area contributed by atoms with Crippen LogP contribution in [0.5, 0.6) is 5.75 Å². The number of aromatic nitrogens is 3. The fourth-order valence-corrected chi connectivity index (χ4v) is 4.34. The van der Waals surface area contributed by atoms with Crippen LogP contribution in [0.2, 0.25) is 0 Å². The summed E-state index contributed by atoms with van der Waals surface area (Å²) in [4.78, 5) is 12.6. The molecule has 6 heteroatoms. The van der Waals surface area contributed by atoms with Crippen molar-refractivity contribution < 1.29 is 9.53 Å². The Kier molecular flexibility index (Phi) is 7.25. The predicted molar refractivity (Wildman–Crippen MR) is 132 cm³/mol. The Morgan fingerprint density at radius 3 is 2.15 bits per heavy atom. The van der Waals surface area contributed by atoms with E-state index in [4.69, 9.17) is 4.74 Å². The summed E-state index contributed by atoms with van der Waals surface area (Å²) in [5, 5.41) is 9.50. The van der Waals surface area contributed by atoms with E-state index in [0.717, 1.165) is 11.4 Å². The van der Waals surface area contributed by atoms with Gasteiger partial charge in [-0.15, -0.1) is 10.2 Å². The summed E-state index contributed by atoms with van der Waals surface area (Å²) in [5.41, 5.74) is 2.89. The average Bonchev–Trinajstić information content (AvgIpc) is 3.28.